The van der Waals surface area contributed by atoms with Gasteiger partial charge in [0.15, 0.2) is 0 Å². The third kappa shape index (κ3) is 3.15. The highest BCUT2D eigenvalue weighted by Gasteiger charge is 2.19. The Labute approximate surface area is 115 Å². The second kappa shape index (κ2) is 6.39. The molecule has 2 nitrogen and oxygen atoms in total. The average molecular weight is 255 g/mol. The molecule has 0 aliphatic heterocycles. The molecule has 2 N–H and O–H groups in total. The van der Waals surface area contributed by atoms with Gasteiger partial charge >= 0.3 is 0 Å². The molecule has 2 rings (SSSR count). The van der Waals surface area contributed by atoms with Crippen molar-refractivity contribution >= 4 is 0 Å². The number of hydrogen-bond donors (Lipinski definition) is 1. The smallest absolute Gasteiger partial charge is 0.119 e. The monoisotopic (exact) mass is 255 g/mol. The van der Waals surface area contributed by atoms with Crippen LogP contribution in [0.25, 0.3) is 0 Å². The summed E-state index contributed by atoms with van der Waals surface area (Å²) < 4.78 is 5.27. The zero-order chi connectivity index (χ0) is 13.7. The lowest BCUT2D eigenvalue weighted by Crippen LogP contribution is -2.19. The van der Waals surface area contributed by atoms with Crippen molar-refractivity contribution in [3.63, 3.8) is 0 Å². The van der Waals surface area contributed by atoms with Gasteiger partial charge in [-0.15, -0.1) is 0 Å². The molecule has 0 bridgehead atoms. The highest BCUT2D eigenvalue weighted by atomic mass is 16.5. The Morgan fingerprint density at radius 2 is 1.68 bits per heavy atom. The Balaban J connectivity index is 2.27. The molecular weight excluding hydrogens is 234 g/mol. The normalized spacial score (nSPS) is 13.8. The molecule has 0 aliphatic carbocycles. The van der Waals surface area contributed by atoms with Crippen LogP contribution >= 0.6 is 0 Å². The summed E-state index contributed by atoms with van der Waals surface area (Å²) >= 11 is 0. The fourth-order valence-electron chi connectivity index (χ4n) is 2.48. The van der Waals surface area contributed by atoms with Crippen LogP contribution in [0.5, 0.6) is 5.75 Å². The molecule has 2 atom stereocenters. The van der Waals surface area contributed by atoms with Crippen LogP contribution in [-0.4, -0.2) is 7.11 Å². The Kier molecular flexibility index (Phi) is 4.58. The van der Waals surface area contributed by atoms with Gasteiger partial charge in [-0.1, -0.05) is 49.4 Å². The van der Waals surface area contributed by atoms with E-state index >= 15 is 0 Å². The van der Waals surface area contributed by atoms with E-state index in [1.165, 1.54) is 5.56 Å². The minimum atomic E-state index is -0.0116. The zero-order valence-electron chi connectivity index (χ0n) is 11.5. The largest absolute Gasteiger partial charge is 0.497 e. The molecule has 2 aromatic carbocycles. The van der Waals surface area contributed by atoms with Gasteiger partial charge in [0.1, 0.15) is 5.75 Å². The van der Waals surface area contributed by atoms with E-state index in [4.69, 9.17) is 10.5 Å². The van der Waals surface area contributed by atoms with Crippen molar-refractivity contribution in [2.24, 2.45) is 5.73 Å². The predicted molar refractivity (Wildman–Crippen MR) is 79.4 cm³/mol. The van der Waals surface area contributed by atoms with E-state index in [-0.39, 0.29) is 6.04 Å². The summed E-state index contributed by atoms with van der Waals surface area (Å²) in [5.41, 5.74) is 8.86. The molecule has 0 aliphatic rings. The van der Waals surface area contributed by atoms with Crippen LogP contribution in [0.2, 0.25) is 0 Å². The summed E-state index contributed by atoms with van der Waals surface area (Å²) in [7, 11) is 1.68. The zero-order valence-corrected chi connectivity index (χ0v) is 11.5. The molecule has 0 spiro atoms. The van der Waals surface area contributed by atoms with Crippen molar-refractivity contribution in [1.82, 2.24) is 0 Å². The van der Waals surface area contributed by atoms with Crippen molar-refractivity contribution in [3.05, 3.63) is 65.7 Å². The van der Waals surface area contributed by atoms with Crippen LogP contribution in [0.1, 0.15) is 36.4 Å². The van der Waals surface area contributed by atoms with Gasteiger partial charge in [0, 0.05) is 12.0 Å². The quantitative estimate of drug-likeness (QED) is 0.879. The molecule has 2 unspecified atom stereocenters. The molecule has 0 heterocycles. The molecule has 0 fully saturated rings. The molecule has 0 saturated heterocycles. The third-order valence-electron chi connectivity index (χ3n) is 3.58. The number of benzene rings is 2. The number of ether oxygens (including phenoxy) is 1. The van der Waals surface area contributed by atoms with Crippen LogP contribution in [0, 0.1) is 0 Å². The van der Waals surface area contributed by atoms with Crippen molar-refractivity contribution in [2.45, 2.75) is 25.3 Å². The second-order valence-electron chi connectivity index (χ2n) is 4.73. The van der Waals surface area contributed by atoms with Crippen LogP contribution in [-0.2, 0) is 0 Å². The number of rotatable bonds is 5. The van der Waals surface area contributed by atoms with Gasteiger partial charge in [0.05, 0.1) is 7.11 Å². The standard InChI is InChI=1S/C17H21NO/c1-3-16(13-8-5-4-6-9-13)17(18)14-10-7-11-15(12-14)19-2/h4-12,16-17H,3,18H2,1-2H3. The van der Waals surface area contributed by atoms with E-state index in [0.717, 1.165) is 17.7 Å². The van der Waals surface area contributed by atoms with E-state index in [1.54, 1.807) is 7.11 Å². The van der Waals surface area contributed by atoms with Gasteiger partial charge in [0.25, 0.3) is 0 Å². The minimum absolute atomic E-state index is 0.0116. The first kappa shape index (κ1) is 13.6. The van der Waals surface area contributed by atoms with Crippen LogP contribution < -0.4 is 10.5 Å². The van der Waals surface area contributed by atoms with Gasteiger partial charge in [-0.05, 0) is 29.7 Å². The fraction of sp³-hybridized carbons (Fsp3) is 0.294. The molecule has 100 valence electrons. The topological polar surface area (TPSA) is 35.2 Å². The fourth-order valence-corrected chi connectivity index (χ4v) is 2.48. The molecular formula is C17H21NO. The Hall–Kier alpha value is -1.80. The molecule has 0 saturated carbocycles. The van der Waals surface area contributed by atoms with E-state index in [1.807, 2.05) is 24.3 Å². The Morgan fingerprint density at radius 1 is 1.00 bits per heavy atom. The number of hydrogen-bond acceptors (Lipinski definition) is 2. The predicted octanol–water partition coefficient (Wildman–Crippen LogP) is 3.89. The van der Waals surface area contributed by atoms with E-state index in [9.17, 15) is 0 Å². The van der Waals surface area contributed by atoms with Crippen LogP contribution in [0.3, 0.4) is 0 Å². The van der Waals surface area contributed by atoms with Gasteiger partial charge in [-0.2, -0.15) is 0 Å². The summed E-state index contributed by atoms with van der Waals surface area (Å²) in [5, 5.41) is 0. The first-order valence-electron chi connectivity index (χ1n) is 6.70. The minimum Gasteiger partial charge on any atom is -0.497 e. The van der Waals surface area contributed by atoms with E-state index in [0.29, 0.717) is 5.92 Å². The maximum atomic E-state index is 6.45. The van der Waals surface area contributed by atoms with Crippen molar-refractivity contribution < 1.29 is 4.74 Å². The van der Waals surface area contributed by atoms with Gasteiger partial charge in [0.2, 0.25) is 0 Å². The molecule has 19 heavy (non-hydrogen) atoms. The second-order valence-corrected chi connectivity index (χ2v) is 4.73. The lowest BCUT2D eigenvalue weighted by Gasteiger charge is -2.24. The summed E-state index contributed by atoms with van der Waals surface area (Å²) in [4.78, 5) is 0. The highest BCUT2D eigenvalue weighted by Crippen LogP contribution is 2.32. The van der Waals surface area contributed by atoms with Crippen molar-refractivity contribution in [3.8, 4) is 5.75 Å². The summed E-state index contributed by atoms with van der Waals surface area (Å²) in [6, 6.07) is 18.5. The summed E-state index contributed by atoms with van der Waals surface area (Å²) in [6.45, 7) is 2.18. The van der Waals surface area contributed by atoms with Crippen LogP contribution in [0.15, 0.2) is 54.6 Å². The summed E-state index contributed by atoms with van der Waals surface area (Å²) in [5.74, 6) is 1.18. The van der Waals surface area contributed by atoms with Crippen molar-refractivity contribution in [2.75, 3.05) is 7.11 Å². The Morgan fingerprint density at radius 3 is 2.32 bits per heavy atom. The molecule has 0 radical (unpaired) electrons. The first-order chi connectivity index (χ1) is 9.26. The lowest BCUT2D eigenvalue weighted by molar-refractivity contribution is 0.413. The van der Waals surface area contributed by atoms with E-state index in [2.05, 4.69) is 37.3 Å². The molecule has 0 aromatic heterocycles. The maximum Gasteiger partial charge on any atom is 0.119 e. The van der Waals surface area contributed by atoms with Crippen LogP contribution in [0.4, 0.5) is 0 Å². The lowest BCUT2D eigenvalue weighted by atomic mass is 9.86. The number of methoxy groups -OCH3 is 1. The average Bonchev–Trinajstić information content (AvgIpc) is 2.49. The van der Waals surface area contributed by atoms with Gasteiger partial charge < -0.3 is 10.5 Å². The first-order valence-corrected chi connectivity index (χ1v) is 6.70. The Bertz CT molecular complexity index is 510. The van der Waals surface area contributed by atoms with Gasteiger partial charge in [-0.25, -0.2) is 0 Å². The highest BCUT2D eigenvalue weighted by molar-refractivity contribution is 5.33. The molecule has 0 amide bonds. The molecule has 2 aromatic rings. The van der Waals surface area contributed by atoms with Crippen molar-refractivity contribution in [1.29, 1.82) is 0 Å². The van der Waals surface area contributed by atoms with Gasteiger partial charge in [-0.3, -0.25) is 0 Å². The summed E-state index contributed by atoms with van der Waals surface area (Å²) in [6.07, 6.45) is 1.02. The molecule has 2 heteroatoms. The van der Waals surface area contributed by atoms with E-state index < -0.39 is 0 Å². The third-order valence-corrected chi connectivity index (χ3v) is 3.58. The SMILES string of the molecule is CCC(c1ccccc1)C(N)c1cccc(OC)c1. The number of nitrogens with two attached hydrogens (primary N) is 1. The maximum absolute atomic E-state index is 6.45.